The normalized spacial score (nSPS) is 19.4. The number of aliphatic hydroxyl groups is 1. The highest BCUT2D eigenvalue weighted by molar-refractivity contribution is 6.22. The molecule has 6 nitrogen and oxygen atoms in total. The summed E-state index contributed by atoms with van der Waals surface area (Å²) in [5.41, 5.74) is 2.40. The van der Waals surface area contributed by atoms with Crippen molar-refractivity contribution in [2.75, 3.05) is 6.61 Å². The van der Waals surface area contributed by atoms with Gasteiger partial charge in [0.15, 0.2) is 5.78 Å². The van der Waals surface area contributed by atoms with Crippen molar-refractivity contribution in [3.63, 3.8) is 0 Å². The van der Waals surface area contributed by atoms with Crippen LogP contribution in [0.1, 0.15) is 40.5 Å². The molecule has 0 atom stereocenters. The minimum Gasteiger partial charge on any atom is -0.511 e. The quantitative estimate of drug-likeness (QED) is 0.607. The van der Waals surface area contributed by atoms with Gasteiger partial charge in [-0.25, -0.2) is 10.2 Å². The molecule has 0 fully saturated rings. The molecular formula is C13H20N2O4. The Kier molecular flexibility index (Phi) is 4.69. The monoisotopic (exact) mass is 268 g/mol. The van der Waals surface area contributed by atoms with Crippen LogP contribution in [0.5, 0.6) is 0 Å². The van der Waals surface area contributed by atoms with E-state index in [4.69, 9.17) is 0 Å². The molecule has 2 N–H and O–H groups in total. The smallest absolute Gasteiger partial charge is 0.427 e. The van der Waals surface area contributed by atoms with Gasteiger partial charge in [0.1, 0.15) is 5.76 Å². The Morgan fingerprint density at radius 2 is 2.11 bits per heavy atom. The van der Waals surface area contributed by atoms with E-state index in [1.807, 2.05) is 13.8 Å². The number of rotatable bonds is 3. The fourth-order valence-corrected chi connectivity index (χ4v) is 2.05. The predicted molar refractivity (Wildman–Crippen MR) is 70.9 cm³/mol. The number of hydrazone groups is 1. The summed E-state index contributed by atoms with van der Waals surface area (Å²) >= 11 is 0. The average Bonchev–Trinajstić information content (AvgIpc) is 2.23. The van der Waals surface area contributed by atoms with Crippen molar-refractivity contribution in [1.29, 1.82) is 0 Å². The molecule has 0 aromatic carbocycles. The summed E-state index contributed by atoms with van der Waals surface area (Å²) in [6.45, 7) is 7.31. The minimum atomic E-state index is -0.689. The third-order valence-electron chi connectivity index (χ3n) is 2.80. The van der Waals surface area contributed by atoms with Crippen LogP contribution >= 0.6 is 0 Å². The van der Waals surface area contributed by atoms with Gasteiger partial charge in [-0.15, -0.1) is 0 Å². The summed E-state index contributed by atoms with van der Waals surface area (Å²) in [4.78, 5) is 23.1. The van der Waals surface area contributed by atoms with Crippen LogP contribution < -0.4 is 5.43 Å². The third-order valence-corrected chi connectivity index (χ3v) is 2.80. The zero-order valence-electron chi connectivity index (χ0n) is 11.7. The van der Waals surface area contributed by atoms with Crippen molar-refractivity contribution in [2.24, 2.45) is 10.5 Å². The Labute approximate surface area is 112 Å². The first-order valence-electron chi connectivity index (χ1n) is 6.19. The molecule has 106 valence electrons. The molecule has 1 amide bonds. The van der Waals surface area contributed by atoms with Crippen LogP contribution in [0, 0.1) is 5.41 Å². The van der Waals surface area contributed by atoms with Crippen molar-refractivity contribution >= 4 is 17.6 Å². The maximum Gasteiger partial charge on any atom is 0.427 e. The zero-order valence-corrected chi connectivity index (χ0v) is 11.7. The molecule has 0 aromatic rings. The highest BCUT2D eigenvalue weighted by atomic mass is 16.5. The van der Waals surface area contributed by atoms with Gasteiger partial charge in [0.2, 0.25) is 0 Å². The Balaban J connectivity index is 2.86. The Hall–Kier alpha value is -1.85. The Bertz CT molecular complexity index is 450. The number of Topliss-reactive ketones (excluding diaryl/α,β-unsaturated/α-hetero) is 1. The SMILES string of the molecule is CCOC(=O)N/N=C(\C)C1=C(O)CC(C)(C)CC1=O. The highest BCUT2D eigenvalue weighted by Crippen LogP contribution is 2.35. The summed E-state index contributed by atoms with van der Waals surface area (Å²) in [7, 11) is 0. The molecule has 0 heterocycles. The van der Waals surface area contributed by atoms with Gasteiger partial charge >= 0.3 is 6.09 Å². The number of allylic oxidation sites excluding steroid dienone is 2. The predicted octanol–water partition coefficient (Wildman–Crippen LogP) is 2.31. The molecule has 0 saturated heterocycles. The first-order valence-corrected chi connectivity index (χ1v) is 6.19. The first-order chi connectivity index (χ1) is 8.76. The maximum absolute atomic E-state index is 12.0. The van der Waals surface area contributed by atoms with E-state index in [0.29, 0.717) is 12.8 Å². The van der Waals surface area contributed by atoms with Gasteiger partial charge in [-0.3, -0.25) is 4.79 Å². The Morgan fingerprint density at radius 1 is 1.47 bits per heavy atom. The van der Waals surface area contributed by atoms with Gasteiger partial charge < -0.3 is 9.84 Å². The van der Waals surface area contributed by atoms with E-state index < -0.39 is 6.09 Å². The van der Waals surface area contributed by atoms with Crippen LogP contribution in [-0.4, -0.2) is 29.3 Å². The van der Waals surface area contributed by atoms with Crippen molar-refractivity contribution in [3.05, 3.63) is 11.3 Å². The van der Waals surface area contributed by atoms with Gasteiger partial charge in [-0.05, 0) is 19.3 Å². The van der Waals surface area contributed by atoms with Crippen LogP contribution in [0.4, 0.5) is 4.79 Å². The summed E-state index contributed by atoms with van der Waals surface area (Å²) < 4.78 is 4.65. The Morgan fingerprint density at radius 3 is 2.63 bits per heavy atom. The van der Waals surface area contributed by atoms with Crippen LogP contribution in [0.2, 0.25) is 0 Å². The molecule has 19 heavy (non-hydrogen) atoms. The lowest BCUT2D eigenvalue weighted by Gasteiger charge is -2.29. The topological polar surface area (TPSA) is 88.0 Å². The van der Waals surface area contributed by atoms with Gasteiger partial charge in [0.25, 0.3) is 0 Å². The van der Waals surface area contributed by atoms with E-state index >= 15 is 0 Å². The number of ether oxygens (including phenoxy) is 1. The van der Waals surface area contributed by atoms with Crippen LogP contribution in [0.15, 0.2) is 16.4 Å². The molecule has 0 aliphatic heterocycles. The number of amides is 1. The molecule has 0 aromatic heterocycles. The fourth-order valence-electron chi connectivity index (χ4n) is 2.05. The second kappa shape index (κ2) is 5.86. The van der Waals surface area contributed by atoms with E-state index in [1.165, 1.54) is 0 Å². The minimum absolute atomic E-state index is 0.0214. The number of carbonyl (C=O) groups excluding carboxylic acids is 2. The van der Waals surface area contributed by atoms with E-state index in [1.54, 1.807) is 13.8 Å². The molecule has 0 bridgehead atoms. The molecule has 0 radical (unpaired) electrons. The lowest BCUT2D eigenvalue weighted by atomic mass is 9.76. The number of nitrogens with one attached hydrogen (secondary N) is 1. The number of nitrogens with zero attached hydrogens (tertiary/aromatic N) is 1. The molecular weight excluding hydrogens is 248 g/mol. The molecule has 1 rings (SSSR count). The van der Waals surface area contributed by atoms with Crippen molar-refractivity contribution < 1.29 is 19.4 Å². The van der Waals surface area contributed by atoms with Gasteiger partial charge in [0, 0.05) is 12.8 Å². The van der Waals surface area contributed by atoms with Crippen LogP contribution in [0.3, 0.4) is 0 Å². The first kappa shape index (κ1) is 15.2. The molecule has 1 aliphatic carbocycles. The van der Waals surface area contributed by atoms with Gasteiger partial charge in [-0.1, -0.05) is 13.8 Å². The van der Waals surface area contributed by atoms with E-state index in [0.717, 1.165) is 0 Å². The number of aliphatic hydroxyl groups excluding tert-OH is 1. The van der Waals surface area contributed by atoms with E-state index in [9.17, 15) is 14.7 Å². The standard InChI is InChI=1S/C13H20N2O4/c1-5-19-12(18)15-14-8(2)11-9(16)6-13(3,4)7-10(11)17/h16H,5-7H2,1-4H3,(H,15,18)/b14-8+. The zero-order chi connectivity index (χ0) is 14.6. The molecule has 1 aliphatic rings. The van der Waals surface area contributed by atoms with Crippen molar-refractivity contribution in [2.45, 2.75) is 40.5 Å². The lowest BCUT2D eigenvalue weighted by Crippen LogP contribution is -2.29. The number of hydrogen-bond donors (Lipinski definition) is 2. The lowest BCUT2D eigenvalue weighted by molar-refractivity contribution is -0.117. The second-order valence-corrected chi connectivity index (χ2v) is 5.29. The highest BCUT2D eigenvalue weighted by Gasteiger charge is 2.34. The number of carbonyl (C=O) groups is 2. The number of hydrogen-bond acceptors (Lipinski definition) is 5. The average molecular weight is 268 g/mol. The van der Waals surface area contributed by atoms with Gasteiger partial charge in [0.05, 0.1) is 17.9 Å². The largest absolute Gasteiger partial charge is 0.511 e. The maximum atomic E-state index is 12.0. The summed E-state index contributed by atoms with van der Waals surface area (Å²) in [6, 6.07) is 0. The molecule has 0 spiro atoms. The van der Waals surface area contributed by atoms with E-state index in [2.05, 4.69) is 15.3 Å². The van der Waals surface area contributed by atoms with Crippen molar-refractivity contribution in [3.8, 4) is 0 Å². The second-order valence-electron chi connectivity index (χ2n) is 5.29. The molecule has 0 saturated carbocycles. The summed E-state index contributed by atoms with van der Waals surface area (Å²) in [6.07, 6.45) is 0.0736. The van der Waals surface area contributed by atoms with Crippen molar-refractivity contribution in [1.82, 2.24) is 5.43 Å². The van der Waals surface area contributed by atoms with Gasteiger partial charge in [-0.2, -0.15) is 5.10 Å². The summed E-state index contributed by atoms with van der Waals surface area (Å²) in [5, 5.41) is 13.7. The third kappa shape index (κ3) is 4.08. The molecule has 0 unspecified atom stereocenters. The van der Waals surface area contributed by atoms with E-state index in [-0.39, 0.29) is 34.8 Å². The fraction of sp³-hybridized carbons (Fsp3) is 0.615. The number of ketones is 1. The van der Waals surface area contributed by atoms with Crippen LogP contribution in [-0.2, 0) is 9.53 Å². The summed E-state index contributed by atoms with van der Waals surface area (Å²) in [5.74, 6) is -0.145. The van der Waals surface area contributed by atoms with Crippen LogP contribution in [0.25, 0.3) is 0 Å². The molecule has 6 heteroatoms.